The first kappa shape index (κ1) is 23.8. The summed E-state index contributed by atoms with van der Waals surface area (Å²) in [5.41, 5.74) is 2.15. The molecule has 0 aromatic heterocycles. The molecule has 0 atom stereocenters. The van der Waals surface area contributed by atoms with E-state index in [1.54, 1.807) is 0 Å². The SMILES string of the molecule is CCNC(=NCc1ccc(C)cc1OCCOCC)NCCC(=O)NC(C)C. The van der Waals surface area contributed by atoms with Crippen molar-refractivity contribution in [3.05, 3.63) is 29.3 Å². The van der Waals surface area contributed by atoms with Crippen LogP contribution in [0.5, 0.6) is 5.75 Å². The Balaban J connectivity index is 2.66. The molecule has 1 rings (SSSR count). The van der Waals surface area contributed by atoms with Gasteiger partial charge in [0.15, 0.2) is 5.96 Å². The fourth-order valence-electron chi connectivity index (χ4n) is 2.48. The highest BCUT2D eigenvalue weighted by Gasteiger charge is 2.07. The second kappa shape index (κ2) is 13.8. The average Bonchev–Trinajstić information content (AvgIpc) is 2.63. The standard InChI is InChI=1S/C21H36N4O3/c1-6-22-21(23-11-10-20(26)25-16(3)4)24-15-18-9-8-17(5)14-19(18)28-13-12-27-7-2/h8-9,14,16H,6-7,10-13,15H2,1-5H3,(H,25,26)(H2,22,23,24). The number of amides is 1. The lowest BCUT2D eigenvalue weighted by molar-refractivity contribution is -0.121. The molecule has 0 saturated heterocycles. The van der Waals surface area contributed by atoms with E-state index in [0.29, 0.717) is 45.3 Å². The van der Waals surface area contributed by atoms with Crippen molar-refractivity contribution in [1.82, 2.24) is 16.0 Å². The molecule has 1 aromatic carbocycles. The van der Waals surface area contributed by atoms with Gasteiger partial charge in [-0.1, -0.05) is 12.1 Å². The van der Waals surface area contributed by atoms with Crippen molar-refractivity contribution in [3.63, 3.8) is 0 Å². The minimum absolute atomic E-state index is 0.0295. The molecule has 158 valence electrons. The van der Waals surface area contributed by atoms with Crippen LogP contribution in [0.15, 0.2) is 23.2 Å². The van der Waals surface area contributed by atoms with Crippen molar-refractivity contribution in [2.45, 2.75) is 53.6 Å². The van der Waals surface area contributed by atoms with Gasteiger partial charge in [-0.15, -0.1) is 0 Å². The van der Waals surface area contributed by atoms with Gasteiger partial charge >= 0.3 is 0 Å². The summed E-state index contributed by atoms with van der Waals surface area (Å²) in [6.45, 7) is 13.4. The van der Waals surface area contributed by atoms with Crippen LogP contribution in [0.25, 0.3) is 0 Å². The Morgan fingerprint density at radius 2 is 1.96 bits per heavy atom. The monoisotopic (exact) mass is 392 g/mol. The first-order valence-corrected chi connectivity index (χ1v) is 10.1. The van der Waals surface area contributed by atoms with Crippen LogP contribution < -0.4 is 20.7 Å². The number of hydrogen-bond donors (Lipinski definition) is 3. The van der Waals surface area contributed by atoms with Crippen LogP contribution in [-0.4, -0.2) is 50.8 Å². The molecule has 1 amide bonds. The largest absolute Gasteiger partial charge is 0.491 e. The molecule has 0 aliphatic heterocycles. The number of nitrogens with one attached hydrogen (secondary N) is 3. The third kappa shape index (κ3) is 10.2. The molecule has 0 bridgehead atoms. The molecule has 0 heterocycles. The molecule has 0 radical (unpaired) electrons. The molecule has 0 spiro atoms. The van der Waals surface area contributed by atoms with E-state index in [2.05, 4.69) is 27.0 Å². The Hall–Kier alpha value is -2.28. The normalized spacial score (nSPS) is 11.4. The van der Waals surface area contributed by atoms with Crippen LogP contribution in [0.1, 0.15) is 45.2 Å². The Bertz CT molecular complexity index is 618. The van der Waals surface area contributed by atoms with Crippen LogP contribution in [0.4, 0.5) is 0 Å². The summed E-state index contributed by atoms with van der Waals surface area (Å²) in [6.07, 6.45) is 0.402. The van der Waals surface area contributed by atoms with Gasteiger partial charge in [-0.3, -0.25) is 4.79 Å². The van der Waals surface area contributed by atoms with Gasteiger partial charge in [-0.25, -0.2) is 4.99 Å². The maximum absolute atomic E-state index is 11.8. The Morgan fingerprint density at radius 1 is 1.18 bits per heavy atom. The van der Waals surface area contributed by atoms with E-state index in [1.807, 2.05) is 46.8 Å². The predicted molar refractivity (Wildman–Crippen MR) is 114 cm³/mol. The van der Waals surface area contributed by atoms with Crippen molar-refractivity contribution >= 4 is 11.9 Å². The van der Waals surface area contributed by atoms with Gasteiger partial charge in [0.05, 0.1) is 13.2 Å². The maximum Gasteiger partial charge on any atom is 0.221 e. The molecular weight excluding hydrogens is 356 g/mol. The van der Waals surface area contributed by atoms with Crippen LogP contribution >= 0.6 is 0 Å². The number of aryl methyl sites for hydroxylation is 1. The van der Waals surface area contributed by atoms with Crippen molar-refractivity contribution in [2.75, 3.05) is 32.9 Å². The highest BCUT2D eigenvalue weighted by Crippen LogP contribution is 2.21. The van der Waals surface area contributed by atoms with Gasteiger partial charge in [0.2, 0.25) is 5.91 Å². The van der Waals surface area contributed by atoms with Gasteiger partial charge in [0, 0.05) is 37.7 Å². The summed E-state index contributed by atoms with van der Waals surface area (Å²) < 4.78 is 11.2. The summed E-state index contributed by atoms with van der Waals surface area (Å²) in [7, 11) is 0. The van der Waals surface area contributed by atoms with Gasteiger partial charge in [-0.2, -0.15) is 0 Å². The summed E-state index contributed by atoms with van der Waals surface area (Å²) >= 11 is 0. The number of rotatable bonds is 12. The first-order valence-electron chi connectivity index (χ1n) is 10.1. The van der Waals surface area contributed by atoms with E-state index in [9.17, 15) is 4.79 Å². The number of guanidine groups is 1. The van der Waals surface area contributed by atoms with Crippen LogP contribution in [0, 0.1) is 6.92 Å². The Morgan fingerprint density at radius 3 is 2.64 bits per heavy atom. The Labute approximate surface area is 169 Å². The fourth-order valence-corrected chi connectivity index (χ4v) is 2.48. The van der Waals surface area contributed by atoms with E-state index in [0.717, 1.165) is 23.4 Å². The van der Waals surface area contributed by atoms with Gasteiger partial charge in [0.1, 0.15) is 12.4 Å². The maximum atomic E-state index is 11.8. The average molecular weight is 393 g/mol. The smallest absolute Gasteiger partial charge is 0.221 e. The summed E-state index contributed by atoms with van der Waals surface area (Å²) in [5.74, 6) is 1.54. The zero-order chi connectivity index (χ0) is 20.8. The highest BCUT2D eigenvalue weighted by atomic mass is 16.5. The molecule has 0 unspecified atom stereocenters. The third-order valence-electron chi connectivity index (χ3n) is 3.76. The molecule has 28 heavy (non-hydrogen) atoms. The van der Waals surface area contributed by atoms with Crippen molar-refractivity contribution in [1.29, 1.82) is 0 Å². The fraction of sp³-hybridized carbons (Fsp3) is 0.619. The number of carbonyl (C=O) groups is 1. The molecule has 7 heteroatoms. The van der Waals surface area contributed by atoms with Gasteiger partial charge in [-0.05, 0) is 46.2 Å². The molecule has 0 fully saturated rings. The number of benzene rings is 1. The molecule has 0 aliphatic rings. The Kier molecular flexibility index (Phi) is 11.7. The van der Waals surface area contributed by atoms with Crippen LogP contribution in [0.2, 0.25) is 0 Å². The minimum atomic E-state index is 0.0295. The lowest BCUT2D eigenvalue weighted by atomic mass is 10.1. The molecule has 0 aliphatic carbocycles. The number of aliphatic imine (C=N–C) groups is 1. The molecule has 1 aromatic rings. The minimum Gasteiger partial charge on any atom is -0.491 e. The van der Waals surface area contributed by atoms with Gasteiger partial charge in [0.25, 0.3) is 0 Å². The molecule has 0 saturated carbocycles. The van der Waals surface area contributed by atoms with Crippen molar-refractivity contribution in [3.8, 4) is 5.75 Å². The van der Waals surface area contributed by atoms with E-state index >= 15 is 0 Å². The summed E-state index contributed by atoms with van der Waals surface area (Å²) in [4.78, 5) is 16.4. The number of hydrogen-bond acceptors (Lipinski definition) is 4. The molecule has 7 nitrogen and oxygen atoms in total. The number of nitrogens with zero attached hydrogens (tertiary/aromatic N) is 1. The van der Waals surface area contributed by atoms with E-state index in [1.165, 1.54) is 0 Å². The predicted octanol–water partition coefficient (Wildman–Crippen LogP) is 2.38. The van der Waals surface area contributed by atoms with E-state index in [-0.39, 0.29) is 11.9 Å². The van der Waals surface area contributed by atoms with E-state index < -0.39 is 0 Å². The number of ether oxygens (including phenoxy) is 2. The second-order valence-corrected chi connectivity index (χ2v) is 6.75. The highest BCUT2D eigenvalue weighted by molar-refractivity contribution is 5.81. The van der Waals surface area contributed by atoms with E-state index in [4.69, 9.17) is 9.47 Å². The number of carbonyl (C=O) groups excluding carboxylic acids is 1. The zero-order valence-electron chi connectivity index (χ0n) is 17.9. The quantitative estimate of drug-likeness (QED) is 0.289. The van der Waals surface area contributed by atoms with Crippen LogP contribution in [-0.2, 0) is 16.1 Å². The second-order valence-electron chi connectivity index (χ2n) is 6.75. The van der Waals surface area contributed by atoms with Crippen molar-refractivity contribution in [2.24, 2.45) is 4.99 Å². The molecule has 3 N–H and O–H groups in total. The van der Waals surface area contributed by atoms with Crippen LogP contribution in [0.3, 0.4) is 0 Å². The third-order valence-corrected chi connectivity index (χ3v) is 3.76. The molecular formula is C21H36N4O3. The topological polar surface area (TPSA) is 84.0 Å². The zero-order valence-corrected chi connectivity index (χ0v) is 17.9. The summed E-state index contributed by atoms with van der Waals surface area (Å²) in [6, 6.07) is 6.26. The summed E-state index contributed by atoms with van der Waals surface area (Å²) in [5, 5.41) is 9.29. The lowest BCUT2D eigenvalue weighted by Crippen LogP contribution is -2.40. The first-order chi connectivity index (χ1) is 13.5. The van der Waals surface area contributed by atoms with Gasteiger partial charge < -0.3 is 25.4 Å². The van der Waals surface area contributed by atoms with Crippen molar-refractivity contribution < 1.29 is 14.3 Å². The lowest BCUT2D eigenvalue weighted by Gasteiger charge is -2.14.